The maximum absolute atomic E-state index is 12.3. The lowest BCUT2D eigenvalue weighted by molar-refractivity contribution is -0.274. The molecule has 0 aliphatic rings. The maximum atomic E-state index is 12.3. The number of alkyl halides is 3. The minimum absolute atomic E-state index is 0.0696. The Morgan fingerprint density at radius 1 is 1.29 bits per heavy atom. The number of nitrogens with zero attached hydrogens (tertiary/aromatic N) is 1. The highest BCUT2D eigenvalue weighted by Crippen LogP contribution is 2.30. The van der Waals surface area contributed by atoms with Crippen molar-refractivity contribution >= 4 is 11.6 Å². The van der Waals surface area contributed by atoms with E-state index in [2.05, 4.69) is 20.3 Å². The number of aromatic amines is 1. The summed E-state index contributed by atoms with van der Waals surface area (Å²) in [6.07, 6.45) is -4.83. The fourth-order valence-electron chi connectivity index (χ4n) is 1.85. The third kappa shape index (κ3) is 3.53. The van der Waals surface area contributed by atoms with Crippen molar-refractivity contribution in [3.8, 4) is 5.75 Å². The van der Waals surface area contributed by atoms with E-state index in [-0.39, 0.29) is 11.3 Å². The molecule has 0 fully saturated rings. The number of ether oxygens (including phenoxy) is 1. The molecule has 0 atom stereocenters. The molecular weight excluding hydrogens is 287 g/mol. The van der Waals surface area contributed by atoms with Gasteiger partial charge >= 0.3 is 6.36 Å². The van der Waals surface area contributed by atoms with E-state index in [1.54, 1.807) is 13.8 Å². The van der Waals surface area contributed by atoms with Crippen LogP contribution in [0.5, 0.6) is 5.75 Å². The Morgan fingerprint density at radius 3 is 2.52 bits per heavy atom. The van der Waals surface area contributed by atoms with Gasteiger partial charge in [0.25, 0.3) is 5.91 Å². The molecule has 21 heavy (non-hydrogen) atoms. The smallest absolute Gasteiger partial charge is 0.404 e. The number of carbonyl (C=O) groups excluding carboxylic acids is 1. The first kappa shape index (κ1) is 14.9. The molecule has 0 unspecified atom stereocenters. The average Bonchev–Trinajstić information content (AvgIpc) is 2.70. The van der Waals surface area contributed by atoms with Gasteiger partial charge in [0.15, 0.2) is 5.75 Å². The number of anilines is 1. The van der Waals surface area contributed by atoms with E-state index in [0.717, 1.165) is 6.07 Å². The van der Waals surface area contributed by atoms with Crippen LogP contribution in [0.15, 0.2) is 24.3 Å². The molecule has 1 amide bonds. The van der Waals surface area contributed by atoms with Crippen LogP contribution in [0.4, 0.5) is 18.9 Å². The summed E-state index contributed by atoms with van der Waals surface area (Å²) in [5.41, 5.74) is 1.20. The SMILES string of the molecule is Cc1n[nH]c(C)c1C(=O)Nc1ccccc1OC(F)(F)F. The van der Waals surface area contributed by atoms with Gasteiger partial charge in [0.05, 0.1) is 16.9 Å². The van der Waals surface area contributed by atoms with Gasteiger partial charge in [-0.3, -0.25) is 9.89 Å². The van der Waals surface area contributed by atoms with E-state index < -0.39 is 18.0 Å². The van der Waals surface area contributed by atoms with Gasteiger partial charge in [-0.2, -0.15) is 5.10 Å². The highest BCUT2D eigenvalue weighted by Gasteiger charge is 2.32. The highest BCUT2D eigenvalue weighted by atomic mass is 19.4. The molecule has 0 radical (unpaired) electrons. The van der Waals surface area contributed by atoms with E-state index in [0.29, 0.717) is 11.4 Å². The van der Waals surface area contributed by atoms with Crippen LogP contribution in [0, 0.1) is 13.8 Å². The van der Waals surface area contributed by atoms with Gasteiger partial charge in [-0.25, -0.2) is 0 Å². The van der Waals surface area contributed by atoms with Crippen LogP contribution in [0.1, 0.15) is 21.7 Å². The minimum atomic E-state index is -4.83. The molecule has 2 aromatic rings. The third-order valence-electron chi connectivity index (χ3n) is 2.72. The zero-order valence-electron chi connectivity index (χ0n) is 11.2. The Labute approximate surface area is 118 Å². The first-order valence-electron chi connectivity index (χ1n) is 5.95. The number of aromatic nitrogens is 2. The molecule has 2 N–H and O–H groups in total. The predicted octanol–water partition coefficient (Wildman–Crippen LogP) is 3.18. The van der Waals surface area contributed by atoms with Crippen molar-refractivity contribution in [2.75, 3.05) is 5.32 Å². The number of carbonyl (C=O) groups is 1. The van der Waals surface area contributed by atoms with Crippen LogP contribution < -0.4 is 10.1 Å². The molecule has 112 valence electrons. The first-order chi connectivity index (χ1) is 9.78. The van der Waals surface area contributed by atoms with Crippen LogP contribution >= 0.6 is 0 Å². The standard InChI is InChI=1S/C13H12F3N3O2/c1-7-11(8(2)19-18-7)12(20)17-9-5-3-4-6-10(9)21-13(14,15)16/h3-6H,1-2H3,(H,17,20)(H,18,19). The van der Waals surface area contributed by atoms with Gasteiger partial charge in [0.2, 0.25) is 0 Å². The van der Waals surface area contributed by atoms with Crippen LogP contribution in [0.2, 0.25) is 0 Å². The zero-order valence-corrected chi connectivity index (χ0v) is 11.2. The summed E-state index contributed by atoms with van der Waals surface area (Å²) in [7, 11) is 0. The van der Waals surface area contributed by atoms with E-state index >= 15 is 0 Å². The normalized spacial score (nSPS) is 11.3. The molecule has 0 saturated heterocycles. The topological polar surface area (TPSA) is 67.0 Å². The summed E-state index contributed by atoms with van der Waals surface area (Å²) in [6, 6.07) is 5.32. The summed E-state index contributed by atoms with van der Waals surface area (Å²) < 4.78 is 40.8. The molecule has 0 saturated carbocycles. The van der Waals surface area contributed by atoms with Gasteiger partial charge < -0.3 is 10.1 Å². The largest absolute Gasteiger partial charge is 0.573 e. The Hall–Kier alpha value is -2.51. The number of amides is 1. The average molecular weight is 299 g/mol. The van der Waals surface area contributed by atoms with Gasteiger partial charge in [0.1, 0.15) is 0 Å². The highest BCUT2D eigenvalue weighted by molar-refractivity contribution is 6.06. The van der Waals surface area contributed by atoms with Gasteiger partial charge in [-0.05, 0) is 26.0 Å². The molecule has 0 aliphatic heterocycles. The molecule has 1 aromatic carbocycles. The number of H-pyrrole nitrogens is 1. The molecule has 8 heteroatoms. The molecule has 0 aliphatic carbocycles. The number of hydrogen-bond acceptors (Lipinski definition) is 3. The molecule has 2 rings (SSSR count). The molecule has 1 aromatic heterocycles. The Balaban J connectivity index is 2.26. The molecule has 1 heterocycles. The Morgan fingerprint density at radius 2 is 1.95 bits per heavy atom. The zero-order chi connectivity index (χ0) is 15.6. The van der Waals surface area contributed by atoms with Crippen molar-refractivity contribution in [3.05, 3.63) is 41.2 Å². The first-order valence-corrected chi connectivity index (χ1v) is 5.95. The fourth-order valence-corrected chi connectivity index (χ4v) is 1.85. The second-order valence-electron chi connectivity index (χ2n) is 4.31. The Kier molecular flexibility index (Phi) is 3.88. The lowest BCUT2D eigenvalue weighted by atomic mass is 10.2. The van der Waals surface area contributed by atoms with Crippen molar-refractivity contribution in [1.29, 1.82) is 0 Å². The second kappa shape index (κ2) is 5.47. The predicted molar refractivity (Wildman–Crippen MR) is 69.1 cm³/mol. The second-order valence-corrected chi connectivity index (χ2v) is 4.31. The fraction of sp³-hybridized carbons (Fsp3) is 0.231. The van der Waals surface area contributed by atoms with Crippen molar-refractivity contribution in [1.82, 2.24) is 10.2 Å². The number of benzene rings is 1. The van der Waals surface area contributed by atoms with Crippen molar-refractivity contribution in [2.45, 2.75) is 20.2 Å². The van der Waals surface area contributed by atoms with Crippen LogP contribution in [-0.4, -0.2) is 22.5 Å². The maximum Gasteiger partial charge on any atom is 0.573 e. The molecule has 5 nitrogen and oxygen atoms in total. The summed E-state index contributed by atoms with van der Waals surface area (Å²) in [4.78, 5) is 12.1. The summed E-state index contributed by atoms with van der Waals surface area (Å²) in [5, 5.41) is 8.89. The number of halogens is 3. The summed E-state index contributed by atoms with van der Waals surface area (Å²) in [6.45, 7) is 3.27. The summed E-state index contributed by atoms with van der Waals surface area (Å²) in [5.74, 6) is -1.03. The van der Waals surface area contributed by atoms with Gasteiger partial charge in [0, 0.05) is 5.69 Å². The van der Waals surface area contributed by atoms with Crippen LogP contribution in [0.25, 0.3) is 0 Å². The monoisotopic (exact) mass is 299 g/mol. The van der Waals surface area contributed by atoms with Gasteiger partial charge in [-0.15, -0.1) is 13.2 Å². The minimum Gasteiger partial charge on any atom is -0.404 e. The van der Waals surface area contributed by atoms with Crippen LogP contribution in [-0.2, 0) is 0 Å². The lowest BCUT2D eigenvalue weighted by Gasteiger charge is -2.13. The lowest BCUT2D eigenvalue weighted by Crippen LogP contribution is -2.20. The number of para-hydroxylation sites is 2. The molecule has 0 spiro atoms. The summed E-state index contributed by atoms with van der Waals surface area (Å²) >= 11 is 0. The quantitative estimate of drug-likeness (QED) is 0.914. The van der Waals surface area contributed by atoms with Crippen LogP contribution in [0.3, 0.4) is 0 Å². The van der Waals surface area contributed by atoms with Crippen molar-refractivity contribution in [3.63, 3.8) is 0 Å². The van der Waals surface area contributed by atoms with Crippen molar-refractivity contribution < 1.29 is 22.7 Å². The number of hydrogen-bond donors (Lipinski definition) is 2. The van der Waals surface area contributed by atoms with E-state index in [1.165, 1.54) is 18.2 Å². The number of nitrogens with one attached hydrogen (secondary N) is 2. The number of rotatable bonds is 3. The third-order valence-corrected chi connectivity index (χ3v) is 2.72. The van der Waals surface area contributed by atoms with E-state index in [1.807, 2.05) is 0 Å². The van der Waals surface area contributed by atoms with Gasteiger partial charge in [-0.1, -0.05) is 12.1 Å². The Bertz CT molecular complexity index is 645. The van der Waals surface area contributed by atoms with E-state index in [9.17, 15) is 18.0 Å². The number of aryl methyl sites for hydroxylation is 2. The van der Waals surface area contributed by atoms with Crippen molar-refractivity contribution in [2.24, 2.45) is 0 Å². The van der Waals surface area contributed by atoms with E-state index in [4.69, 9.17) is 0 Å². The molecule has 0 bridgehead atoms. The molecular formula is C13H12F3N3O2.